The highest BCUT2D eigenvalue weighted by molar-refractivity contribution is 7.22. The summed E-state index contributed by atoms with van der Waals surface area (Å²) in [5, 5.41) is 0.737. The van der Waals surface area contributed by atoms with Crippen LogP contribution in [0, 0.1) is 13.8 Å². The van der Waals surface area contributed by atoms with Crippen molar-refractivity contribution in [3.8, 4) is 0 Å². The van der Waals surface area contributed by atoms with Gasteiger partial charge in [-0.25, -0.2) is 9.97 Å². The largest absolute Gasteiger partial charge is 0.330 e. The maximum atomic E-state index is 13.1. The first-order valence-electron chi connectivity index (χ1n) is 8.68. The first-order valence-corrected chi connectivity index (χ1v) is 9.50. The third-order valence-electron chi connectivity index (χ3n) is 4.28. The van der Waals surface area contributed by atoms with Crippen LogP contribution in [-0.2, 0) is 7.05 Å². The van der Waals surface area contributed by atoms with Crippen LogP contribution in [0.15, 0.2) is 24.5 Å². The summed E-state index contributed by atoms with van der Waals surface area (Å²) in [6.07, 6.45) is 4.31. The van der Waals surface area contributed by atoms with Crippen LogP contribution < -0.4 is 4.90 Å². The molecule has 2 heterocycles. The Morgan fingerprint density at radius 3 is 2.65 bits per heavy atom. The fourth-order valence-electron chi connectivity index (χ4n) is 3.00. The number of rotatable bonds is 6. The van der Waals surface area contributed by atoms with E-state index in [2.05, 4.69) is 35.9 Å². The molecule has 0 spiro atoms. The molecule has 0 atom stereocenters. The van der Waals surface area contributed by atoms with Crippen LogP contribution in [0.1, 0.15) is 28.2 Å². The SMILES string of the molecule is Cc1cc(C)c2sc(N(CCCN(C)C)C(=O)c3nccn3C)nc2c1. The Balaban J connectivity index is 1.98. The molecule has 0 aliphatic carbocycles. The Labute approximate surface area is 158 Å². The summed E-state index contributed by atoms with van der Waals surface area (Å²) in [6, 6.07) is 4.23. The van der Waals surface area contributed by atoms with E-state index in [1.54, 1.807) is 33.2 Å². The van der Waals surface area contributed by atoms with Gasteiger partial charge in [0.2, 0.25) is 0 Å². The van der Waals surface area contributed by atoms with Gasteiger partial charge in [-0.15, -0.1) is 0 Å². The van der Waals surface area contributed by atoms with Crippen LogP contribution in [0.4, 0.5) is 5.13 Å². The summed E-state index contributed by atoms with van der Waals surface area (Å²) in [6.45, 7) is 5.68. The van der Waals surface area contributed by atoms with Crippen LogP contribution in [0.5, 0.6) is 0 Å². The van der Waals surface area contributed by atoms with Gasteiger partial charge in [-0.3, -0.25) is 9.69 Å². The normalized spacial score (nSPS) is 11.5. The van der Waals surface area contributed by atoms with Gasteiger partial charge in [0.15, 0.2) is 11.0 Å². The molecule has 7 heteroatoms. The molecule has 0 saturated heterocycles. The van der Waals surface area contributed by atoms with E-state index in [0.717, 1.165) is 28.3 Å². The van der Waals surface area contributed by atoms with Crippen molar-refractivity contribution >= 4 is 32.6 Å². The highest BCUT2D eigenvalue weighted by atomic mass is 32.1. The van der Waals surface area contributed by atoms with Crippen LogP contribution in [0.25, 0.3) is 10.2 Å². The summed E-state index contributed by atoms with van der Waals surface area (Å²) in [7, 11) is 5.91. The number of hydrogen-bond acceptors (Lipinski definition) is 5. The third kappa shape index (κ3) is 3.78. The molecule has 0 aliphatic rings. The Hall–Kier alpha value is -2.25. The monoisotopic (exact) mass is 371 g/mol. The molecule has 1 amide bonds. The molecule has 2 aromatic heterocycles. The molecule has 26 heavy (non-hydrogen) atoms. The molecule has 0 N–H and O–H groups in total. The summed E-state index contributed by atoms with van der Waals surface area (Å²) >= 11 is 1.57. The second kappa shape index (κ2) is 7.55. The van der Waals surface area contributed by atoms with E-state index < -0.39 is 0 Å². The maximum Gasteiger partial charge on any atom is 0.296 e. The minimum atomic E-state index is -0.107. The van der Waals surface area contributed by atoms with E-state index in [-0.39, 0.29) is 5.91 Å². The van der Waals surface area contributed by atoms with Crippen molar-refractivity contribution < 1.29 is 4.79 Å². The van der Waals surface area contributed by atoms with E-state index in [0.29, 0.717) is 12.4 Å². The molecule has 0 fully saturated rings. The van der Waals surface area contributed by atoms with Gasteiger partial charge >= 0.3 is 0 Å². The van der Waals surface area contributed by atoms with Crippen LogP contribution in [-0.4, -0.2) is 52.5 Å². The molecule has 6 nitrogen and oxygen atoms in total. The number of aryl methyl sites for hydroxylation is 3. The molecule has 138 valence electrons. The predicted molar refractivity (Wildman–Crippen MR) is 107 cm³/mol. The number of thiazole rings is 1. The number of benzene rings is 1. The molecule has 1 aromatic carbocycles. The molecular formula is C19H25N5OS. The van der Waals surface area contributed by atoms with Gasteiger partial charge in [-0.05, 0) is 58.1 Å². The third-order valence-corrected chi connectivity index (χ3v) is 5.51. The van der Waals surface area contributed by atoms with Gasteiger partial charge in [-0.2, -0.15) is 0 Å². The topological polar surface area (TPSA) is 54.3 Å². The van der Waals surface area contributed by atoms with E-state index in [1.807, 2.05) is 21.1 Å². The maximum absolute atomic E-state index is 13.1. The Bertz CT molecular complexity index is 927. The highest BCUT2D eigenvalue weighted by Gasteiger charge is 2.24. The fourth-order valence-corrected chi connectivity index (χ4v) is 4.04. The summed E-state index contributed by atoms with van der Waals surface area (Å²) in [4.78, 5) is 26.0. The van der Waals surface area contributed by atoms with Gasteiger partial charge < -0.3 is 9.47 Å². The van der Waals surface area contributed by atoms with Gasteiger partial charge in [0, 0.05) is 26.0 Å². The molecule has 0 radical (unpaired) electrons. The lowest BCUT2D eigenvalue weighted by Gasteiger charge is -2.20. The summed E-state index contributed by atoms with van der Waals surface area (Å²) < 4.78 is 2.89. The Kier molecular flexibility index (Phi) is 5.38. The molecule has 0 saturated carbocycles. The Morgan fingerprint density at radius 1 is 1.23 bits per heavy atom. The lowest BCUT2D eigenvalue weighted by molar-refractivity contribution is 0.0973. The first kappa shape index (κ1) is 18.5. The summed E-state index contributed by atoms with van der Waals surface area (Å²) in [5.74, 6) is 0.326. The van der Waals surface area contributed by atoms with Crippen molar-refractivity contribution in [2.24, 2.45) is 7.05 Å². The number of carbonyl (C=O) groups excluding carboxylic acids is 1. The number of nitrogens with zero attached hydrogens (tertiary/aromatic N) is 5. The number of anilines is 1. The van der Waals surface area contributed by atoms with E-state index in [9.17, 15) is 4.79 Å². The summed E-state index contributed by atoms with van der Waals surface area (Å²) in [5.41, 5.74) is 3.33. The van der Waals surface area contributed by atoms with Crippen LogP contribution >= 0.6 is 11.3 Å². The molecule has 0 bridgehead atoms. The van der Waals surface area contributed by atoms with Crippen molar-refractivity contribution in [1.82, 2.24) is 19.4 Å². The second-order valence-electron chi connectivity index (χ2n) is 6.90. The predicted octanol–water partition coefficient (Wildman–Crippen LogP) is 3.25. The first-order chi connectivity index (χ1) is 12.4. The Morgan fingerprint density at radius 2 is 2.00 bits per heavy atom. The minimum absolute atomic E-state index is 0.107. The smallest absolute Gasteiger partial charge is 0.296 e. The van der Waals surface area contributed by atoms with Crippen molar-refractivity contribution in [3.63, 3.8) is 0 Å². The molecule has 0 aliphatic heterocycles. The zero-order valence-corrected chi connectivity index (χ0v) is 16.8. The number of fused-ring (bicyclic) bond motifs is 1. The molecule has 3 rings (SSSR count). The van der Waals surface area contributed by atoms with Crippen molar-refractivity contribution in [1.29, 1.82) is 0 Å². The van der Waals surface area contributed by atoms with E-state index in [4.69, 9.17) is 4.98 Å². The number of imidazole rings is 1. The number of aromatic nitrogens is 3. The highest BCUT2D eigenvalue weighted by Crippen LogP contribution is 2.32. The minimum Gasteiger partial charge on any atom is -0.330 e. The number of carbonyl (C=O) groups is 1. The van der Waals surface area contributed by atoms with Crippen molar-refractivity contribution in [3.05, 3.63) is 41.5 Å². The molecule has 0 unspecified atom stereocenters. The van der Waals surface area contributed by atoms with Crippen LogP contribution in [0.2, 0.25) is 0 Å². The quantitative estimate of drug-likeness (QED) is 0.667. The van der Waals surface area contributed by atoms with Crippen molar-refractivity contribution in [2.45, 2.75) is 20.3 Å². The average molecular weight is 372 g/mol. The van der Waals surface area contributed by atoms with E-state index >= 15 is 0 Å². The average Bonchev–Trinajstić information content (AvgIpc) is 3.17. The zero-order chi connectivity index (χ0) is 18.8. The second-order valence-corrected chi connectivity index (χ2v) is 7.88. The van der Waals surface area contributed by atoms with Gasteiger partial charge in [0.25, 0.3) is 5.91 Å². The van der Waals surface area contributed by atoms with Crippen LogP contribution in [0.3, 0.4) is 0 Å². The van der Waals surface area contributed by atoms with Crippen molar-refractivity contribution in [2.75, 3.05) is 32.1 Å². The van der Waals surface area contributed by atoms with Gasteiger partial charge in [0.05, 0.1) is 10.2 Å². The fraction of sp³-hybridized carbons (Fsp3) is 0.421. The molecular weight excluding hydrogens is 346 g/mol. The lowest BCUT2D eigenvalue weighted by Crippen LogP contribution is -2.35. The standard InChI is InChI=1S/C19H25N5OS/c1-13-11-14(2)16-15(12-13)21-19(26-16)24(9-6-8-22(3)4)18(25)17-20-7-10-23(17)5/h7,10-12H,6,8-9H2,1-5H3. The van der Waals surface area contributed by atoms with Gasteiger partial charge in [0.1, 0.15) is 0 Å². The number of hydrogen-bond donors (Lipinski definition) is 0. The zero-order valence-electron chi connectivity index (χ0n) is 16.0. The number of amides is 1. The van der Waals surface area contributed by atoms with Gasteiger partial charge in [-0.1, -0.05) is 17.4 Å². The van der Waals surface area contributed by atoms with E-state index in [1.165, 1.54) is 11.1 Å². The molecule has 3 aromatic rings. The lowest BCUT2D eigenvalue weighted by atomic mass is 10.1.